The van der Waals surface area contributed by atoms with Gasteiger partial charge < -0.3 is 10.3 Å². The number of nitrogens with zero attached hydrogens (tertiary/aromatic N) is 2. The van der Waals surface area contributed by atoms with Gasteiger partial charge in [0.15, 0.2) is 0 Å². The molecule has 0 saturated carbocycles. The summed E-state index contributed by atoms with van der Waals surface area (Å²) in [6, 6.07) is 4.00. The predicted molar refractivity (Wildman–Crippen MR) is 69.0 cm³/mol. The maximum atomic E-state index is 13.1. The Morgan fingerprint density at radius 3 is 2.83 bits per heavy atom. The molecule has 0 amide bonds. The second-order valence-electron chi connectivity index (χ2n) is 3.97. The van der Waals surface area contributed by atoms with Crippen molar-refractivity contribution < 1.29 is 8.60 Å². The van der Waals surface area contributed by atoms with Crippen molar-refractivity contribution in [2.75, 3.05) is 11.5 Å². The van der Waals surface area contributed by atoms with Crippen molar-refractivity contribution in [2.24, 2.45) is 7.05 Å². The highest BCUT2D eigenvalue weighted by atomic mass is 32.2. The van der Waals surface area contributed by atoms with E-state index in [1.807, 2.05) is 17.8 Å². The molecule has 0 radical (unpaired) electrons. The van der Waals surface area contributed by atoms with E-state index in [1.54, 1.807) is 6.20 Å². The maximum absolute atomic E-state index is 13.1. The van der Waals surface area contributed by atoms with E-state index in [4.69, 9.17) is 5.73 Å². The zero-order valence-corrected chi connectivity index (χ0v) is 10.8. The van der Waals surface area contributed by atoms with Crippen LogP contribution in [0.1, 0.15) is 5.82 Å². The van der Waals surface area contributed by atoms with Crippen molar-refractivity contribution in [2.45, 2.75) is 11.3 Å². The first kappa shape index (κ1) is 12.8. The molecule has 0 fully saturated rings. The van der Waals surface area contributed by atoms with Gasteiger partial charge >= 0.3 is 0 Å². The molecule has 2 rings (SSSR count). The van der Waals surface area contributed by atoms with Crippen molar-refractivity contribution in [3.8, 4) is 0 Å². The van der Waals surface area contributed by atoms with Crippen molar-refractivity contribution in [3.63, 3.8) is 0 Å². The first-order valence-electron chi connectivity index (χ1n) is 5.47. The van der Waals surface area contributed by atoms with Crippen molar-refractivity contribution in [1.29, 1.82) is 0 Å². The number of nitrogen functional groups attached to an aromatic ring is 1. The van der Waals surface area contributed by atoms with Crippen LogP contribution in [-0.4, -0.2) is 19.5 Å². The number of halogens is 1. The van der Waals surface area contributed by atoms with Crippen LogP contribution in [0.4, 0.5) is 10.1 Å². The Kier molecular flexibility index (Phi) is 3.76. The van der Waals surface area contributed by atoms with E-state index in [0.29, 0.717) is 17.1 Å². The van der Waals surface area contributed by atoms with Gasteiger partial charge in [-0.2, -0.15) is 0 Å². The quantitative estimate of drug-likeness (QED) is 0.854. The monoisotopic (exact) mass is 267 g/mol. The van der Waals surface area contributed by atoms with Crippen LogP contribution < -0.4 is 5.73 Å². The molecular formula is C12H14FN3OS. The summed E-state index contributed by atoms with van der Waals surface area (Å²) in [6.45, 7) is 0. The summed E-state index contributed by atoms with van der Waals surface area (Å²) in [6.07, 6.45) is 4.10. The summed E-state index contributed by atoms with van der Waals surface area (Å²) >= 11 is 0. The van der Waals surface area contributed by atoms with Crippen molar-refractivity contribution >= 4 is 16.5 Å². The Bertz CT molecular complexity index is 562. The molecule has 4 nitrogen and oxygen atoms in total. The van der Waals surface area contributed by atoms with Crippen molar-refractivity contribution in [1.82, 2.24) is 9.55 Å². The minimum Gasteiger partial charge on any atom is -0.399 e. The van der Waals surface area contributed by atoms with Gasteiger partial charge in [-0.25, -0.2) is 9.37 Å². The molecule has 2 aromatic rings. The number of aromatic nitrogens is 2. The first-order valence-corrected chi connectivity index (χ1v) is 6.79. The lowest BCUT2D eigenvalue weighted by atomic mass is 10.3. The van der Waals surface area contributed by atoms with Gasteiger partial charge in [-0.15, -0.1) is 0 Å². The molecule has 0 saturated heterocycles. The Balaban J connectivity index is 2.06. The molecule has 96 valence electrons. The standard InChI is InChI=1S/C12H14FN3OS/c1-16-4-3-15-12(16)2-5-18(17)11-7-9(13)6-10(14)8-11/h3-4,6-8H,2,5,14H2,1H3. The van der Waals surface area contributed by atoms with Crippen LogP contribution in [0.3, 0.4) is 0 Å². The fourth-order valence-corrected chi connectivity index (χ4v) is 2.77. The second kappa shape index (κ2) is 5.30. The number of imidazole rings is 1. The lowest BCUT2D eigenvalue weighted by molar-refractivity contribution is 0.623. The lowest BCUT2D eigenvalue weighted by Gasteiger charge is -2.04. The van der Waals surface area contributed by atoms with E-state index in [1.165, 1.54) is 18.2 Å². The summed E-state index contributed by atoms with van der Waals surface area (Å²) in [4.78, 5) is 4.56. The van der Waals surface area contributed by atoms with E-state index in [2.05, 4.69) is 4.98 Å². The highest BCUT2D eigenvalue weighted by Crippen LogP contribution is 2.15. The van der Waals surface area contributed by atoms with Gasteiger partial charge in [0, 0.05) is 42.2 Å². The number of anilines is 1. The van der Waals surface area contributed by atoms with Crippen LogP contribution in [0, 0.1) is 5.82 Å². The molecule has 0 bridgehead atoms. The zero-order valence-electron chi connectivity index (χ0n) is 9.97. The van der Waals surface area contributed by atoms with Crippen LogP contribution >= 0.6 is 0 Å². The largest absolute Gasteiger partial charge is 0.399 e. The molecule has 1 aromatic carbocycles. The first-order chi connectivity index (χ1) is 8.56. The smallest absolute Gasteiger partial charge is 0.126 e. The number of rotatable bonds is 4. The van der Waals surface area contributed by atoms with E-state index in [9.17, 15) is 8.60 Å². The summed E-state index contributed by atoms with van der Waals surface area (Å²) < 4.78 is 27.0. The molecule has 0 spiro atoms. The lowest BCUT2D eigenvalue weighted by Crippen LogP contribution is -2.06. The molecule has 0 aliphatic carbocycles. The van der Waals surface area contributed by atoms with Crippen molar-refractivity contribution in [3.05, 3.63) is 42.2 Å². The summed E-state index contributed by atoms with van der Waals surface area (Å²) in [5, 5.41) is 0. The molecule has 0 aliphatic heterocycles. The summed E-state index contributed by atoms with van der Waals surface area (Å²) in [5.41, 5.74) is 5.81. The number of hydrogen-bond donors (Lipinski definition) is 1. The third-order valence-electron chi connectivity index (χ3n) is 2.59. The van der Waals surface area contributed by atoms with Gasteiger partial charge in [-0.1, -0.05) is 0 Å². The summed E-state index contributed by atoms with van der Waals surface area (Å²) in [5.74, 6) is 0.788. The van der Waals surface area contributed by atoms with Crippen LogP contribution in [0.25, 0.3) is 0 Å². The molecule has 1 unspecified atom stereocenters. The molecular weight excluding hydrogens is 253 g/mol. The highest BCUT2D eigenvalue weighted by molar-refractivity contribution is 7.85. The SMILES string of the molecule is Cn1ccnc1CCS(=O)c1cc(N)cc(F)c1. The molecule has 6 heteroatoms. The Morgan fingerprint density at radius 2 is 2.22 bits per heavy atom. The highest BCUT2D eigenvalue weighted by Gasteiger charge is 2.08. The van der Waals surface area contributed by atoms with E-state index < -0.39 is 16.6 Å². The average molecular weight is 267 g/mol. The molecule has 1 atom stereocenters. The summed E-state index contributed by atoms with van der Waals surface area (Å²) in [7, 11) is 0.610. The Labute approximate surface area is 107 Å². The predicted octanol–water partition coefficient (Wildman–Crippen LogP) is 1.49. The second-order valence-corrected chi connectivity index (χ2v) is 5.54. The van der Waals surface area contributed by atoms with Crippen LogP contribution in [0.2, 0.25) is 0 Å². The van der Waals surface area contributed by atoms with E-state index >= 15 is 0 Å². The fraction of sp³-hybridized carbons (Fsp3) is 0.250. The molecule has 2 N–H and O–H groups in total. The fourth-order valence-electron chi connectivity index (χ4n) is 1.66. The molecule has 1 heterocycles. The molecule has 1 aromatic heterocycles. The third kappa shape index (κ3) is 2.95. The minimum absolute atomic E-state index is 0.287. The van der Waals surface area contributed by atoms with E-state index in [-0.39, 0.29) is 5.69 Å². The normalized spacial score (nSPS) is 12.6. The molecule has 18 heavy (non-hydrogen) atoms. The third-order valence-corrected chi connectivity index (χ3v) is 3.92. The number of nitrogens with two attached hydrogens (primary N) is 1. The topological polar surface area (TPSA) is 60.9 Å². The average Bonchev–Trinajstić information content (AvgIpc) is 2.70. The number of aryl methyl sites for hydroxylation is 2. The number of hydrogen-bond acceptors (Lipinski definition) is 3. The molecule has 0 aliphatic rings. The van der Waals surface area contributed by atoms with E-state index in [0.717, 1.165) is 5.82 Å². The van der Waals surface area contributed by atoms with Gasteiger partial charge in [-0.3, -0.25) is 4.21 Å². The van der Waals surface area contributed by atoms with Crippen LogP contribution in [0.5, 0.6) is 0 Å². The van der Waals surface area contributed by atoms with Gasteiger partial charge in [-0.05, 0) is 18.2 Å². The van der Waals surface area contributed by atoms with Crippen LogP contribution in [-0.2, 0) is 24.3 Å². The Morgan fingerprint density at radius 1 is 1.44 bits per heavy atom. The van der Waals surface area contributed by atoms with Gasteiger partial charge in [0.1, 0.15) is 11.6 Å². The minimum atomic E-state index is -1.27. The maximum Gasteiger partial charge on any atom is 0.126 e. The van der Waals surface area contributed by atoms with Gasteiger partial charge in [0.2, 0.25) is 0 Å². The van der Waals surface area contributed by atoms with Crippen LogP contribution in [0.15, 0.2) is 35.5 Å². The van der Waals surface area contributed by atoms with Gasteiger partial charge in [0.25, 0.3) is 0 Å². The van der Waals surface area contributed by atoms with Gasteiger partial charge in [0.05, 0.1) is 10.8 Å². The Hall–Kier alpha value is -1.69. The number of benzene rings is 1. The zero-order chi connectivity index (χ0) is 13.1.